The van der Waals surface area contributed by atoms with Crippen molar-refractivity contribution in [2.75, 3.05) is 26.4 Å². The summed E-state index contributed by atoms with van der Waals surface area (Å²) in [6.45, 7) is 3.96. The molecule has 0 radical (unpaired) electrons. The highest BCUT2D eigenvalue weighted by Gasteiger charge is 2.23. The first kappa shape index (κ1) is 11.2. The van der Waals surface area contributed by atoms with Crippen LogP contribution in [0.5, 0.6) is 0 Å². The highest BCUT2D eigenvalue weighted by Crippen LogP contribution is 2.16. The Bertz CT molecular complexity index is 321. The van der Waals surface area contributed by atoms with E-state index in [0.29, 0.717) is 32.5 Å². The molecule has 94 valence electrons. The summed E-state index contributed by atoms with van der Waals surface area (Å²) in [4.78, 5) is 0. The summed E-state index contributed by atoms with van der Waals surface area (Å²) >= 11 is 0. The largest absolute Gasteiger partial charge is 0.467 e. The Kier molecular flexibility index (Phi) is 3.42. The van der Waals surface area contributed by atoms with E-state index in [-0.39, 0.29) is 6.10 Å². The zero-order valence-electron chi connectivity index (χ0n) is 9.59. The lowest BCUT2D eigenvalue weighted by atomic mass is 10.3. The molecule has 0 amide bonds. The van der Waals surface area contributed by atoms with Gasteiger partial charge in [0, 0.05) is 5.56 Å². The van der Waals surface area contributed by atoms with Crippen LogP contribution in [0.25, 0.3) is 0 Å². The van der Waals surface area contributed by atoms with E-state index >= 15 is 0 Å². The van der Waals surface area contributed by atoms with Gasteiger partial charge in [-0.2, -0.15) is 0 Å². The van der Waals surface area contributed by atoms with Gasteiger partial charge in [0.25, 0.3) is 0 Å². The van der Waals surface area contributed by atoms with Crippen molar-refractivity contribution in [3.63, 3.8) is 0 Å². The molecular weight excluding hydrogens is 224 g/mol. The van der Waals surface area contributed by atoms with Crippen molar-refractivity contribution >= 4 is 0 Å². The minimum Gasteiger partial charge on any atom is -0.467 e. The molecule has 2 saturated heterocycles. The van der Waals surface area contributed by atoms with E-state index in [4.69, 9.17) is 23.4 Å². The zero-order valence-corrected chi connectivity index (χ0v) is 9.59. The van der Waals surface area contributed by atoms with Gasteiger partial charge in [-0.3, -0.25) is 0 Å². The second kappa shape index (κ2) is 5.18. The fourth-order valence-corrected chi connectivity index (χ4v) is 1.53. The summed E-state index contributed by atoms with van der Waals surface area (Å²) in [5, 5.41) is 0. The highest BCUT2D eigenvalue weighted by atomic mass is 16.6. The van der Waals surface area contributed by atoms with Gasteiger partial charge < -0.3 is 23.4 Å². The molecule has 3 rings (SSSR count). The molecule has 5 nitrogen and oxygen atoms in total. The molecule has 17 heavy (non-hydrogen) atoms. The van der Waals surface area contributed by atoms with Crippen LogP contribution in [-0.4, -0.2) is 38.6 Å². The molecule has 0 aromatic carbocycles. The summed E-state index contributed by atoms with van der Waals surface area (Å²) in [7, 11) is 0. The van der Waals surface area contributed by atoms with Crippen LogP contribution in [0.3, 0.4) is 0 Å². The predicted molar refractivity (Wildman–Crippen MR) is 57.5 cm³/mol. The number of rotatable bonds is 8. The van der Waals surface area contributed by atoms with Gasteiger partial charge in [-0.15, -0.1) is 0 Å². The second-order valence-electron chi connectivity index (χ2n) is 4.31. The van der Waals surface area contributed by atoms with Crippen LogP contribution in [0.15, 0.2) is 16.7 Å². The molecule has 2 unspecified atom stereocenters. The first-order valence-corrected chi connectivity index (χ1v) is 5.86. The minimum atomic E-state index is 0.289. The van der Waals surface area contributed by atoms with Gasteiger partial charge in [0.1, 0.15) is 24.6 Å². The van der Waals surface area contributed by atoms with Crippen LogP contribution in [0, 0.1) is 0 Å². The van der Waals surface area contributed by atoms with Crippen molar-refractivity contribution in [2.45, 2.75) is 25.4 Å². The third-order valence-corrected chi connectivity index (χ3v) is 2.74. The van der Waals surface area contributed by atoms with Crippen LogP contribution in [0.1, 0.15) is 11.3 Å². The maximum atomic E-state index is 5.52. The van der Waals surface area contributed by atoms with E-state index in [1.807, 2.05) is 6.07 Å². The van der Waals surface area contributed by atoms with Crippen molar-refractivity contribution in [3.05, 3.63) is 23.7 Å². The van der Waals surface area contributed by atoms with Gasteiger partial charge in [0.05, 0.1) is 39.3 Å². The van der Waals surface area contributed by atoms with Crippen molar-refractivity contribution in [2.24, 2.45) is 0 Å². The zero-order chi connectivity index (χ0) is 11.5. The summed E-state index contributed by atoms with van der Waals surface area (Å²) in [6, 6.07) is 1.92. The molecule has 1 aromatic heterocycles. The molecular formula is C12H16O5. The van der Waals surface area contributed by atoms with Crippen LogP contribution >= 0.6 is 0 Å². The van der Waals surface area contributed by atoms with Crippen LogP contribution in [-0.2, 0) is 32.2 Å². The van der Waals surface area contributed by atoms with Crippen LogP contribution < -0.4 is 0 Å². The average molecular weight is 240 g/mol. The van der Waals surface area contributed by atoms with E-state index in [9.17, 15) is 0 Å². The molecule has 0 N–H and O–H groups in total. The van der Waals surface area contributed by atoms with Gasteiger partial charge in [-0.05, 0) is 6.07 Å². The lowest BCUT2D eigenvalue weighted by Gasteiger charge is -2.04. The Morgan fingerprint density at radius 1 is 1.06 bits per heavy atom. The maximum Gasteiger partial charge on any atom is 0.134 e. The third-order valence-electron chi connectivity index (χ3n) is 2.74. The van der Waals surface area contributed by atoms with E-state index < -0.39 is 0 Å². The average Bonchev–Trinajstić information content (AvgIpc) is 3.22. The monoisotopic (exact) mass is 240 g/mol. The Hall–Kier alpha value is -0.880. The smallest absolute Gasteiger partial charge is 0.134 e. The Morgan fingerprint density at radius 2 is 1.71 bits per heavy atom. The summed E-state index contributed by atoms with van der Waals surface area (Å²) in [5.74, 6) is 0.836. The SMILES string of the molecule is c1cc(COCC2CO2)c(COCC2CO2)o1. The quantitative estimate of drug-likeness (QED) is 0.637. The number of ether oxygens (including phenoxy) is 4. The molecule has 2 aliphatic heterocycles. The van der Waals surface area contributed by atoms with Crippen LogP contribution in [0.2, 0.25) is 0 Å². The third kappa shape index (κ3) is 3.54. The lowest BCUT2D eigenvalue weighted by Crippen LogP contribution is -2.04. The summed E-state index contributed by atoms with van der Waals surface area (Å²) in [5.41, 5.74) is 1.04. The molecule has 0 spiro atoms. The van der Waals surface area contributed by atoms with Crippen LogP contribution in [0.4, 0.5) is 0 Å². The normalized spacial score (nSPS) is 26.1. The van der Waals surface area contributed by atoms with Gasteiger partial charge in [0.2, 0.25) is 0 Å². The number of furan rings is 1. The summed E-state index contributed by atoms with van der Waals surface area (Å²) < 4.78 is 26.5. The Balaban J connectivity index is 1.40. The molecule has 2 fully saturated rings. The van der Waals surface area contributed by atoms with Gasteiger partial charge in [0.15, 0.2) is 0 Å². The molecule has 5 heteroatoms. The number of epoxide rings is 2. The van der Waals surface area contributed by atoms with Crippen molar-refractivity contribution in [1.82, 2.24) is 0 Å². The Labute approximate surface area is 99.6 Å². The van der Waals surface area contributed by atoms with E-state index in [1.54, 1.807) is 6.26 Å². The van der Waals surface area contributed by atoms with Gasteiger partial charge >= 0.3 is 0 Å². The first-order valence-electron chi connectivity index (χ1n) is 5.86. The minimum absolute atomic E-state index is 0.289. The summed E-state index contributed by atoms with van der Waals surface area (Å²) in [6.07, 6.45) is 2.25. The molecule has 3 heterocycles. The topological polar surface area (TPSA) is 56.7 Å². The van der Waals surface area contributed by atoms with Crippen molar-refractivity contribution in [3.8, 4) is 0 Å². The lowest BCUT2D eigenvalue weighted by molar-refractivity contribution is 0.0818. The highest BCUT2D eigenvalue weighted by molar-refractivity contribution is 5.15. The van der Waals surface area contributed by atoms with E-state index in [2.05, 4.69) is 0 Å². The fourth-order valence-electron chi connectivity index (χ4n) is 1.53. The molecule has 0 aliphatic carbocycles. The number of hydrogen-bond donors (Lipinski definition) is 0. The standard InChI is InChI=1S/C12H16O5/c1-2-15-12(8-14-5-11-7-17-11)9(1)3-13-4-10-6-16-10/h1-2,10-11H,3-8H2. The predicted octanol–water partition coefficient (Wildman–Crippen LogP) is 1.11. The van der Waals surface area contributed by atoms with E-state index in [1.165, 1.54) is 0 Å². The second-order valence-corrected chi connectivity index (χ2v) is 4.31. The van der Waals surface area contributed by atoms with Crippen molar-refractivity contribution in [1.29, 1.82) is 0 Å². The van der Waals surface area contributed by atoms with Gasteiger partial charge in [-0.1, -0.05) is 0 Å². The van der Waals surface area contributed by atoms with E-state index in [0.717, 1.165) is 24.5 Å². The first-order chi connectivity index (χ1) is 8.42. The Morgan fingerprint density at radius 3 is 2.35 bits per heavy atom. The molecule has 2 aliphatic rings. The fraction of sp³-hybridized carbons (Fsp3) is 0.667. The van der Waals surface area contributed by atoms with Crippen molar-refractivity contribution < 1.29 is 23.4 Å². The number of hydrogen-bond acceptors (Lipinski definition) is 5. The molecule has 2 atom stereocenters. The van der Waals surface area contributed by atoms with Gasteiger partial charge in [-0.25, -0.2) is 0 Å². The maximum absolute atomic E-state index is 5.52. The molecule has 1 aromatic rings. The molecule has 0 bridgehead atoms. The molecule has 0 saturated carbocycles.